The lowest BCUT2D eigenvalue weighted by atomic mass is 10.1. The van der Waals surface area contributed by atoms with Crippen molar-refractivity contribution in [1.82, 2.24) is 4.90 Å². The van der Waals surface area contributed by atoms with E-state index in [-0.39, 0.29) is 18.4 Å². The number of hydrogen-bond acceptors (Lipinski definition) is 3. The summed E-state index contributed by atoms with van der Waals surface area (Å²) in [6.45, 7) is 3.90. The smallest absolute Gasteiger partial charge is 0.254 e. The number of anilines is 2. The van der Waals surface area contributed by atoms with Crippen LogP contribution in [0.1, 0.15) is 21.5 Å². The third-order valence-corrected chi connectivity index (χ3v) is 4.10. The minimum Gasteiger partial charge on any atom is -0.378 e. The molecule has 0 aliphatic heterocycles. The predicted molar refractivity (Wildman–Crippen MR) is 102 cm³/mol. The van der Waals surface area contributed by atoms with Crippen LogP contribution >= 0.6 is 0 Å². The van der Waals surface area contributed by atoms with Crippen molar-refractivity contribution in [2.45, 2.75) is 13.8 Å². The molecule has 0 bridgehead atoms. The summed E-state index contributed by atoms with van der Waals surface area (Å²) in [5.41, 5.74) is 4.40. The molecular formula is C20H25N3O2. The van der Waals surface area contributed by atoms with E-state index in [0.29, 0.717) is 5.56 Å². The Labute approximate surface area is 149 Å². The Morgan fingerprint density at radius 1 is 0.920 bits per heavy atom. The number of hydrogen-bond donors (Lipinski definition) is 1. The van der Waals surface area contributed by atoms with Gasteiger partial charge in [0, 0.05) is 38.1 Å². The number of rotatable bonds is 5. The van der Waals surface area contributed by atoms with Crippen molar-refractivity contribution in [2.24, 2.45) is 0 Å². The molecule has 0 fully saturated rings. The quantitative estimate of drug-likeness (QED) is 0.911. The number of nitrogens with one attached hydrogen (secondary N) is 1. The van der Waals surface area contributed by atoms with Crippen LogP contribution in [-0.4, -0.2) is 44.4 Å². The molecular weight excluding hydrogens is 314 g/mol. The third-order valence-electron chi connectivity index (χ3n) is 4.10. The molecule has 2 rings (SSSR count). The van der Waals surface area contributed by atoms with E-state index in [1.165, 1.54) is 4.90 Å². The average Bonchev–Trinajstić information content (AvgIpc) is 2.57. The SMILES string of the molecule is Cc1cccc(C)c1NC(=O)CN(C)C(=O)c1ccc(N(C)C)cc1. The van der Waals surface area contributed by atoms with E-state index < -0.39 is 0 Å². The van der Waals surface area contributed by atoms with E-state index in [9.17, 15) is 9.59 Å². The van der Waals surface area contributed by atoms with Crippen LogP contribution in [0.4, 0.5) is 11.4 Å². The first-order chi connectivity index (χ1) is 11.8. The number of carbonyl (C=O) groups is 2. The Morgan fingerprint density at radius 2 is 1.48 bits per heavy atom. The number of nitrogens with zero attached hydrogens (tertiary/aromatic N) is 2. The molecule has 5 heteroatoms. The normalized spacial score (nSPS) is 10.3. The number of likely N-dealkylation sites (N-methyl/N-ethyl adjacent to an activating group) is 1. The minimum atomic E-state index is -0.210. The predicted octanol–water partition coefficient (Wildman–Crippen LogP) is 3.08. The van der Waals surface area contributed by atoms with Gasteiger partial charge in [-0.3, -0.25) is 9.59 Å². The summed E-state index contributed by atoms with van der Waals surface area (Å²) < 4.78 is 0. The van der Waals surface area contributed by atoms with Gasteiger partial charge in [-0.25, -0.2) is 0 Å². The fourth-order valence-corrected chi connectivity index (χ4v) is 2.60. The molecule has 0 spiro atoms. The molecule has 0 aliphatic carbocycles. The molecule has 132 valence electrons. The summed E-state index contributed by atoms with van der Waals surface area (Å²) in [4.78, 5) is 28.2. The molecule has 0 saturated carbocycles. The van der Waals surface area contributed by atoms with Gasteiger partial charge in [0.25, 0.3) is 5.91 Å². The maximum Gasteiger partial charge on any atom is 0.254 e. The van der Waals surface area contributed by atoms with Crippen molar-refractivity contribution in [1.29, 1.82) is 0 Å². The Balaban J connectivity index is 2.02. The van der Waals surface area contributed by atoms with Crippen molar-refractivity contribution >= 4 is 23.2 Å². The summed E-state index contributed by atoms with van der Waals surface area (Å²) in [5, 5.41) is 2.90. The van der Waals surface area contributed by atoms with Gasteiger partial charge in [0.1, 0.15) is 0 Å². The second-order valence-electron chi connectivity index (χ2n) is 6.42. The molecule has 2 aromatic rings. The lowest BCUT2D eigenvalue weighted by Gasteiger charge is -2.19. The highest BCUT2D eigenvalue weighted by molar-refractivity contribution is 5.99. The van der Waals surface area contributed by atoms with E-state index in [2.05, 4.69) is 5.32 Å². The summed E-state index contributed by atoms with van der Waals surface area (Å²) in [7, 11) is 5.52. The number of aryl methyl sites for hydroxylation is 2. The highest BCUT2D eigenvalue weighted by Gasteiger charge is 2.16. The van der Waals surface area contributed by atoms with Crippen molar-refractivity contribution in [3.05, 3.63) is 59.2 Å². The molecule has 0 atom stereocenters. The second kappa shape index (κ2) is 7.83. The molecule has 2 amide bonds. The lowest BCUT2D eigenvalue weighted by molar-refractivity contribution is -0.116. The molecule has 25 heavy (non-hydrogen) atoms. The second-order valence-corrected chi connectivity index (χ2v) is 6.42. The molecule has 1 N–H and O–H groups in total. The molecule has 0 radical (unpaired) electrons. The first-order valence-electron chi connectivity index (χ1n) is 8.18. The van der Waals surface area contributed by atoms with Crippen LogP contribution in [0.2, 0.25) is 0 Å². The number of benzene rings is 2. The van der Waals surface area contributed by atoms with Gasteiger partial charge in [0.2, 0.25) is 5.91 Å². The highest BCUT2D eigenvalue weighted by atomic mass is 16.2. The Hall–Kier alpha value is -2.82. The molecule has 0 aromatic heterocycles. The maximum atomic E-state index is 12.5. The minimum absolute atomic E-state index is 0.00202. The maximum absolute atomic E-state index is 12.5. The number of carbonyl (C=O) groups excluding carboxylic acids is 2. The average molecular weight is 339 g/mol. The van der Waals surface area contributed by atoms with Gasteiger partial charge in [0.05, 0.1) is 6.54 Å². The van der Waals surface area contributed by atoms with Crippen LogP contribution in [0.5, 0.6) is 0 Å². The first-order valence-corrected chi connectivity index (χ1v) is 8.18. The van der Waals surface area contributed by atoms with E-state index in [1.54, 1.807) is 19.2 Å². The van der Waals surface area contributed by atoms with Crippen molar-refractivity contribution in [3.63, 3.8) is 0 Å². The number of para-hydroxylation sites is 1. The van der Waals surface area contributed by atoms with Gasteiger partial charge < -0.3 is 15.1 Å². The summed E-state index contributed by atoms with van der Waals surface area (Å²) >= 11 is 0. The van der Waals surface area contributed by atoms with Gasteiger partial charge in [-0.15, -0.1) is 0 Å². The summed E-state index contributed by atoms with van der Waals surface area (Å²) in [6.07, 6.45) is 0. The van der Waals surface area contributed by atoms with E-state index in [1.807, 2.05) is 63.2 Å². The van der Waals surface area contributed by atoms with Crippen LogP contribution in [0.25, 0.3) is 0 Å². The van der Waals surface area contributed by atoms with Crippen LogP contribution in [0.15, 0.2) is 42.5 Å². The molecule has 2 aromatic carbocycles. The molecule has 0 aliphatic rings. The Kier molecular flexibility index (Phi) is 5.80. The van der Waals surface area contributed by atoms with Crippen molar-refractivity contribution in [2.75, 3.05) is 37.9 Å². The largest absolute Gasteiger partial charge is 0.378 e. The molecule has 5 nitrogen and oxygen atoms in total. The first kappa shape index (κ1) is 18.5. The molecule has 0 heterocycles. The topological polar surface area (TPSA) is 52.7 Å². The standard InChI is InChI=1S/C20H25N3O2/c1-14-7-6-8-15(2)19(14)21-18(24)13-23(5)20(25)16-9-11-17(12-10-16)22(3)4/h6-12H,13H2,1-5H3,(H,21,24). The molecule has 0 saturated heterocycles. The van der Waals surface area contributed by atoms with Gasteiger partial charge in [0.15, 0.2) is 0 Å². The lowest BCUT2D eigenvalue weighted by Crippen LogP contribution is -2.35. The molecule has 0 unspecified atom stereocenters. The zero-order valence-electron chi connectivity index (χ0n) is 15.5. The van der Waals surface area contributed by atoms with Crippen LogP contribution in [0, 0.1) is 13.8 Å². The monoisotopic (exact) mass is 339 g/mol. The van der Waals surface area contributed by atoms with Gasteiger partial charge in [-0.1, -0.05) is 18.2 Å². The van der Waals surface area contributed by atoms with Gasteiger partial charge >= 0.3 is 0 Å². The Morgan fingerprint density at radius 3 is 2.00 bits per heavy atom. The van der Waals surface area contributed by atoms with Crippen LogP contribution in [0.3, 0.4) is 0 Å². The summed E-state index contributed by atoms with van der Waals surface area (Å²) in [6, 6.07) is 13.2. The fourth-order valence-electron chi connectivity index (χ4n) is 2.60. The van der Waals surface area contributed by atoms with E-state index in [4.69, 9.17) is 0 Å². The van der Waals surface area contributed by atoms with Crippen LogP contribution in [-0.2, 0) is 4.79 Å². The van der Waals surface area contributed by atoms with Crippen LogP contribution < -0.4 is 10.2 Å². The summed E-state index contributed by atoms with van der Waals surface area (Å²) in [5.74, 6) is -0.389. The van der Waals surface area contributed by atoms with E-state index in [0.717, 1.165) is 22.5 Å². The highest BCUT2D eigenvalue weighted by Crippen LogP contribution is 2.19. The zero-order valence-corrected chi connectivity index (χ0v) is 15.5. The van der Waals surface area contributed by atoms with Gasteiger partial charge in [-0.2, -0.15) is 0 Å². The zero-order chi connectivity index (χ0) is 18.6. The fraction of sp³-hybridized carbons (Fsp3) is 0.300. The third kappa shape index (κ3) is 4.59. The number of amides is 2. The van der Waals surface area contributed by atoms with Gasteiger partial charge in [-0.05, 0) is 49.2 Å². The van der Waals surface area contributed by atoms with Crippen molar-refractivity contribution < 1.29 is 9.59 Å². The van der Waals surface area contributed by atoms with E-state index >= 15 is 0 Å². The Bertz CT molecular complexity index is 747. The van der Waals surface area contributed by atoms with Crippen molar-refractivity contribution in [3.8, 4) is 0 Å².